The second kappa shape index (κ2) is 11.9. The Labute approximate surface area is 187 Å². The topological polar surface area (TPSA) is 62.5 Å². The number of nitrogens with one attached hydrogen (secondary N) is 2. The molecule has 2 aromatic heterocycles. The lowest BCUT2D eigenvalue weighted by atomic mass is 10.1. The number of thiophene rings is 1. The van der Waals surface area contributed by atoms with Gasteiger partial charge >= 0.3 is 0 Å². The number of hydrogen-bond acceptors (Lipinski definition) is 4. The van der Waals surface area contributed by atoms with E-state index in [1.54, 1.807) is 17.6 Å². The van der Waals surface area contributed by atoms with Gasteiger partial charge in [0.15, 0.2) is 5.96 Å². The second-order valence-corrected chi connectivity index (χ2v) is 7.31. The average Bonchev–Trinajstić information content (AvgIpc) is 3.34. The molecule has 3 aromatic rings. The second-order valence-electron chi connectivity index (χ2n) is 6.28. The molecule has 0 saturated carbocycles. The van der Waals surface area contributed by atoms with Gasteiger partial charge in [-0.3, -0.25) is 4.99 Å². The highest BCUT2D eigenvalue weighted by Gasteiger charge is 2.07. The van der Waals surface area contributed by atoms with Crippen molar-refractivity contribution in [3.8, 4) is 11.5 Å². The molecule has 0 fully saturated rings. The molecule has 7 heteroatoms. The lowest BCUT2D eigenvalue weighted by molar-refractivity contribution is 0.572. The monoisotopic (exact) mass is 510 g/mol. The van der Waals surface area contributed by atoms with Gasteiger partial charge in [0, 0.05) is 42.9 Å². The summed E-state index contributed by atoms with van der Waals surface area (Å²) in [6.45, 7) is 6.51. The van der Waals surface area contributed by atoms with Gasteiger partial charge in [-0.2, -0.15) is 0 Å². The Balaban J connectivity index is 0.00000280. The predicted molar refractivity (Wildman–Crippen MR) is 128 cm³/mol. The van der Waals surface area contributed by atoms with Crippen molar-refractivity contribution >= 4 is 41.3 Å². The maximum absolute atomic E-state index is 5.62. The Morgan fingerprint density at radius 3 is 2.68 bits per heavy atom. The maximum atomic E-state index is 5.62. The molecule has 3 rings (SSSR count). The number of hydrogen-bond donors (Lipinski definition) is 2. The number of aliphatic imine (C=N–C) groups is 1. The van der Waals surface area contributed by atoms with Gasteiger partial charge in [-0.1, -0.05) is 23.8 Å². The van der Waals surface area contributed by atoms with Crippen molar-refractivity contribution in [1.82, 2.24) is 15.6 Å². The summed E-state index contributed by atoms with van der Waals surface area (Å²) in [5, 5.41) is 8.75. The van der Waals surface area contributed by atoms with Gasteiger partial charge in [-0.15, -0.1) is 35.3 Å². The summed E-state index contributed by atoms with van der Waals surface area (Å²) in [5.74, 6) is 1.51. The molecule has 28 heavy (non-hydrogen) atoms. The van der Waals surface area contributed by atoms with Crippen molar-refractivity contribution in [2.24, 2.45) is 4.99 Å². The van der Waals surface area contributed by atoms with Crippen molar-refractivity contribution < 1.29 is 4.42 Å². The lowest BCUT2D eigenvalue weighted by Gasteiger charge is -2.10. The molecular formula is C21H27IN4OS. The predicted octanol–water partition coefficient (Wildman–Crippen LogP) is 4.67. The van der Waals surface area contributed by atoms with E-state index in [9.17, 15) is 0 Å². The number of rotatable bonds is 8. The quantitative estimate of drug-likeness (QED) is 0.263. The SMILES string of the molecule is CCNC(=NCCc1cccs1)NCCc1coc(-c2ccc(C)cc2)n1.I. The van der Waals surface area contributed by atoms with E-state index in [2.05, 4.69) is 64.1 Å². The number of benzene rings is 1. The highest BCUT2D eigenvalue weighted by atomic mass is 127. The van der Waals surface area contributed by atoms with Crippen LogP contribution in [0.25, 0.3) is 11.5 Å². The molecule has 150 valence electrons. The van der Waals surface area contributed by atoms with Gasteiger partial charge in [0.25, 0.3) is 0 Å². The van der Waals surface area contributed by atoms with Gasteiger partial charge in [-0.05, 0) is 37.4 Å². The van der Waals surface area contributed by atoms with Gasteiger partial charge in [-0.25, -0.2) is 4.98 Å². The zero-order chi connectivity index (χ0) is 18.9. The van der Waals surface area contributed by atoms with Crippen LogP contribution in [-0.4, -0.2) is 30.6 Å². The molecule has 0 aliphatic carbocycles. The van der Waals surface area contributed by atoms with Crippen LogP contribution in [-0.2, 0) is 12.8 Å². The van der Waals surface area contributed by atoms with Gasteiger partial charge in [0.1, 0.15) is 6.26 Å². The summed E-state index contributed by atoms with van der Waals surface area (Å²) in [5.41, 5.74) is 3.17. The van der Waals surface area contributed by atoms with Crippen LogP contribution in [0.15, 0.2) is 57.5 Å². The first-order chi connectivity index (χ1) is 13.2. The van der Waals surface area contributed by atoms with Crippen LogP contribution in [0.1, 0.15) is 23.1 Å². The minimum Gasteiger partial charge on any atom is -0.444 e. The van der Waals surface area contributed by atoms with Gasteiger partial charge in [0.05, 0.1) is 5.69 Å². The van der Waals surface area contributed by atoms with E-state index >= 15 is 0 Å². The molecule has 0 unspecified atom stereocenters. The number of guanidine groups is 1. The highest BCUT2D eigenvalue weighted by Crippen LogP contribution is 2.19. The molecule has 2 heterocycles. The summed E-state index contributed by atoms with van der Waals surface area (Å²) in [7, 11) is 0. The number of aromatic nitrogens is 1. The third kappa shape index (κ3) is 6.94. The van der Waals surface area contributed by atoms with E-state index in [-0.39, 0.29) is 24.0 Å². The summed E-state index contributed by atoms with van der Waals surface area (Å²) in [6.07, 6.45) is 3.49. The van der Waals surface area contributed by atoms with Gasteiger partial charge in [0.2, 0.25) is 5.89 Å². The van der Waals surface area contributed by atoms with E-state index in [4.69, 9.17) is 4.42 Å². The fraction of sp³-hybridized carbons (Fsp3) is 0.333. The number of oxazole rings is 1. The third-order valence-corrected chi connectivity index (χ3v) is 5.01. The Kier molecular flexibility index (Phi) is 9.49. The molecule has 2 N–H and O–H groups in total. The standard InChI is InChI=1S/C21H26N4OS.HI/c1-3-22-21(24-13-11-19-5-4-14-27-19)23-12-10-18-15-26-20(25-18)17-8-6-16(2)7-9-17;/h4-9,14-15H,3,10-13H2,1-2H3,(H2,22,23,24);1H. The zero-order valence-corrected chi connectivity index (χ0v) is 19.4. The fourth-order valence-electron chi connectivity index (χ4n) is 2.63. The molecule has 0 bridgehead atoms. The van der Waals surface area contributed by atoms with Crippen LogP contribution in [0.5, 0.6) is 0 Å². The molecule has 0 radical (unpaired) electrons. The largest absolute Gasteiger partial charge is 0.444 e. The first-order valence-corrected chi connectivity index (χ1v) is 10.2. The fourth-order valence-corrected chi connectivity index (χ4v) is 3.33. The summed E-state index contributed by atoms with van der Waals surface area (Å²) in [4.78, 5) is 10.6. The smallest absolute Gasteiger partial charge is 0.226 e. The van der Waals surface area contributed by atoms with Gasteiger partial charge < -0.3 is 15.1 Å². The van der Waals surface area contributed by atoms with Crippen LogP contribution in [0.3, 0.4) is 0 Å². The van der Waals surface area contributed by atoms with Crippen LogP contribution < -0.4 is 10.6 Å². The van der Waals surface area contributed by atoms with Crippen molar-refractivity contribution in [3.63, 3.8) is 0 Å². The minimum absolute atomic E-state index is 0. The van der Waals surface area contributed by atoms with E-state index in [0.717, 1.165) is 49.7 Å². The molecule has 0 saturated heterocycles. The highest BCUT2D eigenvalue weighted by molar-refractivity contribution is 14.0. The van der Waals surface area contributed by atoms with Crippen LogP contribution in [0.4, 0.5) is 0 Å². The average molecular weight is 510 g/mol. The summed E-state index contributed by atoms with van der Waals surface area (Å²) >= 11 is 1.78. The van der Waals surface area contributed by atoms with E-state index in [1.807, 2.05) is 12.1 Å². The minimum atomic E-state index is 0. The van der Waals surface area contributed by atoms with E-state index < -0.39 is 0 Å². The Bertz CT molecular complexity index is 844. The molecule has 0 aliphatic heterocycles. The zero-order valence-electron chi connectivity index (χ0n) is 16.3. The first-order valence-electron chi connectivity index (χ1n) is 9.30. The lowest BCUT2D eigenvalue weighted by Crippen LogP contribution is -2.38. The van der Waals surface area contributed by atoms with Crippen LogP contribution in [0, 0.1) is 6.92 Å². The Morgan fingerprint density at radius 1 is 1.14 bits per heavy atom. The van der Waals surface area contributed by atoms with Crippen molar-refractivity contribution in [2.45, 2.75) is 26.7 Å². The number of halogens is 1. The third-order valence-electron chi connectivity index (χ3n) is 4.08. The van der Waals surface area contributed by atoms with Crippen LogP contribution in [0.2, 0.25) is 0 Å². The number of aryl methyl sites for hydroxylation is 1. The summed E-state index contributed by atoms with van der Waals surface area (Å²) < 4.78 is 5.62. The van der Waals surface area contributed by atoms with Crippen molar-refractivity contribution in [3.05, 3.63) is 64.2 Å². The van der Waals surface area contributed by atoms with Crippen molar-refractivity contribution in [2.75, 3.05) is 19.6 Å². The van der Waals surface area contributed by atoms with Crippen LogP contribution >= 0.6 is 35.3 Å². The molecule has 0 amide bonds. The molecule has 0 atom stereocenters. The molecular weight excluding hydrogens is 483 g/mol. The van der Waals surface area contributed by atoms with Crippen molar-refractivity contribution in [1.29, 1.82) is 0 Å². The number of nitrogens with zero attached hydrogens (tertiary/aromatic N) is 2. The molecule has 0 aliphatic rings. The normalized spacial score (nSPS) is 11.1. The van der Waals surface area contributed by atoms with E-state index in [0.29, 0.717) is 5.89 Å². The van der Waals surface area contributed by atoms with E-state index in [1.165, 1.54) is 10.4 Å². The Morgan fingerprint density at radius 2 is 1.96 bits per heavy atom. The Hall–Kier alpha value is -1.87. The maximum Gasteiger partial charge on any atom is 0.226 e. The molecule has 0 spiro atoms. The molecule has 1 aromatic carbocycles. The first kappa shape index (κ1) is 22.4. The summed E-state index contributed by atoms with van der Waals surface area (Å²) in [6, 6.07) is 12.4. The molecule has 5 nitrogen and oxygen atoms in total.